The van der Waals surface area contributed by atoms with Crippen LogP contribution in [-0.4, -0.2) is 37.1 Å². The molecule has 0 aromatic carbocycles. The van der Waals surface area contributed by atoms with Crippen LogP contribution in [0.2, 0.25) is 0 Å². The van der Waals surface area contributed by atoms with Crippen molar-refractivity contribution in [1.29, 1.82) is 0 Å². The molecular weight excluding hydrogens is 248 g/mol. The Balaban J connectivity index is 2.64. The van der Waals surface area contributed by atoms with E-state index >= 15 is 0 Å². The van der Waals surface area contributed by atoms with Crippen LogP contribution in [0.4, 0.5) is 4.79 Å². The Kier molecular flexibility index (Phi) is 5.41. The molecule has 0 fully saturated rings. The molecule has 0 saturated heterocycles. The topological polar surface area (TPSA) is 71.8 Å². The van der Waals surface area contributed by atoms with Crippen LogP contribution in [-0.2, 0) is 11.3 Å². The second-order valence-corrected chi connectivity index (χ2v) is 4.01. The third-order valence-electron chi connectivity index (χ3n) is 2.84. The van der Waals surface area contributed by atoms with Gasteiger partial charge in [0.05, 0.1) is 13.7 Å². The number of aryl methyl sites for hydroxylation is 1. The van der Waals surface area contributed by atoms with Crippen LogP contribution in [0.5, 0.6) is 0 Å². The highest BCUT2D eigenvalue weighted by atomic mass is 16.5. The van der Waals surface area contributed by atoms with Crippen LogP contribution in [0.3, 0.4) is 0 Å². The van der Waals surface area contributed by atoms with E-state index in [9.17, 15) is 9.59 Å². The Hall–Kier alpha value is -1.98. The number of hydrogen-bond acceptors (Lipinski definition) is 4. The minimum atomic E-state index is -0.442. The molecule has 2 amide bonds. The summed E-state index contributed by atoms with van der Waals surface area (Å²) in [6.07, 6.45) is 0. The number of rotatable bonds is 5. The van der Waals surface area contributed by atoms with Crippen molar-refractivity contribution in [2.75, 3.05) is 20.2 Å². The largest absolute Gasteiger partial charge is 0.465 e. The maximum Gasteiger partial charge on any atom is 0.341 e. The number of methoxy groups -OCH3 is 1. The van der Waals surface area contributed by atoms with E-state index in [0.29, 0.717) is 30.2 Å². The number of nitrogens with zero attached hydrogens (tertiary/aromatic N) is 1. The number of carbonyl (C=O) groups is 2. The average Bonchev–Trinajstić information content (AvgIpc) is 2.78. The Morgan fingerprint density at radius 2 is 2.00 bits per heavy atom. The summed E-state index contributed by atoms with van der Waals surface area (Å²) in [6, 6.07) is 1.43. The molecule has 0 atom stereocenters. The summed E-state index contributed by atoms with van der Waals surface area (Å²) in [7, 11) is 1.32. The van der Waals surface area contributed by atoms with Gasteiger partial charge >= 0.3 is 12.0 Å². The molecule has 6 heteroatoms. The van der Waals surface area contributed by atoms with Gasteiger partial charge in [-0.1, -0.05) is 0 Å². The Morgan fingerprint density at radius 3 is 2.53 bits per heavy atom. The number of carbonyl (C=O) groups excluding carboxylic acids is 2. The first-order valence-corrected chi connectivity index (χ1v) is 6.23. The molecule has 6 nitrogen and oxygen atoms in total. The summed E-state index contributed by atoms with van der Waals surface area (Å²) in [5.41, 5.74) is 0.384. The van der Waals surface area contributed by atoms with Gasteiger partial charge in [0.2, 0.25) is 0 Å². The highest BCUT2D eigenvalue weighted by Gasteiger charge is 2.16. The van der Waals surface area contributed by atoms with Gasteiger partial charge in [0, 0.05) is 13.1 Å². The monoisotopic (exact) mass is 268 g/mol. The van der Waals surface area contributed by atoms with Crippen LogP contribution < -0.4 is 5.32 Å². The molecular formula is C13H20N2O4. The lowest BCUT2D eigenvalue weighted by Gasteiger charge is -2.18. The summed E-state index contributed by atoms with van der Waals surface area (Å²) < 4.78 is 10.0. The molecule has 0 saturated carbocycles. The quantitative estimate of drug-likeness (QED) is 0.828. The van der Waals surface area contributed by atoms with Gasteiger partial charge in [0.15, 0.2) is 0 Å². The van der Waals surface area contributed by atoms with E-state index in [1.165, 1.54) is 7.11 Å². The Bertz CT molecular complexity index is 449. The maximum absolute atomic E-state index is 11.7. The van der Waals surface area contributed by atoms with Crippen LogP contribution in [0.1, 0.15) is 35.7 Å². The van der Waals surface area contributed by atoms with Crippen LogP contribution in [0, 0.1) is 6.92 Å². The van der Waals surface area contributed by atoms with Gasteiger partial charge < -0.3 is 19.4 Å². The zero-order chi connectivity index (χ0) is 14.4. The molecule has 0 aliphatic rings. The average molecular weight is 268 g/mol. The minimum Gasteiger partial charge on any atom is -0.465 e. The smallest absolute Gasteiger partial charge is 0.341 e. The highest BCUT2D eigenvalue weighted by molar-refractivity contribution is 5.90. The summed E-state index contributed by atoms with van der Waals surface area (Å²) in [5, 5.41) is 2.74. The second-order valence-electron chi connectivity index (χ2n) is 4.01. The predicted molar refractivity (Wildman–Crippen MR) is 69.9 cm³/mol. The number of nitrogens with one attached hydrogen (secondary N) is 1. The fourth-order valence-corrected chi connectivity index (χ4v) is 1.73. The minimum absolute atomic E-state index is 0.154. The fourth-order valence-electron chi connectivity index (χ4n) is 1.73. The van der Waals surface area contributed by atoms with Crippen molar-refractivity contribution in [3.63, 3.8) is 0 Å². The molecule has 1 N–H and O–H groups in total. The lowest BCUT2D eigenvalue weighted by molar-refractivity contribution is 0.0598. The van der Waals surface area contributed by atoms with E-state index in [2.05, 4.69) is 10.1 Å². The van der Waals surface area contributed by atoms with Crippen LogP contribution >= 0.6 is 0 Å². The molecule has 1 aromatic heterocycles. The summed E-state index contributed by atoms with van der Waals surface area (Å²) in [6.45, 7) is 7.04. The van der Waals surface area contributed by atoms with Crippen LogP contribution in [0.15, 0.2) is 10.5 Å². The lowest BCUT2D eigenvalue weighted by atomic mass is 10.2. The number of hydrogen-bond donors (Lipinski definition) is 1. The fraction of sp³-hybridized carbons (Fsp3) is 0.538. The van der Waals surface area contributed by atoms with Gasteiger partial charge in [0.1, 0.15) is 17.1 Å². The predicted octanol–water partition coefficient (Wildman–Crippen LogP) is 1.93. The summed E-state index contributed by atoms with van der Waals surface area (Å²) in [5.74, 6) is 0.569. The van der Waals surface area contributed by atoms with E-state index in [4.69, 9.17) is 4.42 Å². The first-order chi connectivity index (χ1) is 9.03. The van der Waals surface area contributed by atoms with Crippen LogP contribution in [0.25, 0.3) is 0 Å². The molecule has 0 spiro atoms. The van der Waals surface area contributed by atoms with Gasteiger partial charge in [0.25, 0.3) is 0 Å². The third-order valence-corrected chi connectivity index (χ3v) is 2.84. The van der Waals surface area contributed by atoms with Gasteiger partial charge in [-0.3, -0.25) is 0 Å². The molecule has 19 heavy (non-hydrogen) atoms. The molecule has 1 rings (SSSR count). The molecule has 0 bridgehead atoms. The maximum atomic E-state index is 11.7. The number of esters is 1. The van der Waals surface area contributed by atoms with E-state index in [-0.39, 0.29) is 12.6 Å². The van der Waals surface area contributed by atoms with Gasteiger partial charge in [-0.15, -0.1) is 0 Å². The standard InChI is InChI=1S/C13H20N2O4/c1-5-15(6-2)13(17)14-8-10-7-11(9(3)19-10)12(16)18-4/h7H,5-6,8H2,1-4H3,(H,14,17). The Labute approximate surface area is 112 Å². The first kappa shape index (κ1) is 15.1. The van der Waals surface area contributed by atoms with Crippen molar-refractivity contribution in [3.8, 4) is 0 Å². The van der Waals surface area contributed by atoms with E-state index in [1.54, 1.807) is 17.9 Å². The first-order valence-electron chi connectivity index (χ1n) is 6.23. The van der Waals surface area contributed by atoms with Gasteiger partial charge in [-0.2, -0.15) is 0 Å². The number of furan rings is 1. The normalized spacial score (nSPS) is 10.1. The van der Waals surface area contributed by atoms with Crippen molar-refractivity contribution >= 4 is 12.0 Å². The van der Waals surface area contributed by atoms with Crippen molar-refractivity contribution < 1.29 is 18.7 Å². The van der Waals surface area contributed by atoms with Gasteiger partial charge in [-0.05, 0) is 26.8 Å². The van der Waals surface area contributed by atoms with E-state index in [1.807, 2.05) is 13.8 Å². The zero-order valence-electron chi connectivity index (χ0n) is 11.8. The molecule has 0 aliphatic heterocycles. The molecule has 1 heterocycles. The van der Waals surface area contributed by atoms with Crippen molar-refractivity contribution in [1.82, 2.24) is 10.2 Å². The zero-order valence-corrected chi connectivity index (χ0v) is 11.8. The molecule has 0 unspecified atom stereocenters. The third kappa shape index (κ3) is 3.74. The van der Waals surface area contributed by atoms with Crippen molar-refractivity contribution in [2.45, 2.75) is 27.3 Å². The second kappa shape index (κ2) is 6.82. The molecule has 0 radical (unpaired) electrons. The highest BCUT2D eigenvalue weighted by Crippen LogP contribution is 2.15. The number of amides is 2. The van der Waals surface area contributed by atoms with Crippen molar-refractivity contribution in [2.24, 2.45) is 0 Å². The summed E-state index contributed by atoms with van der Waals surface area (Å²) >= 11 is 0. The molecule has 1 aromatic rings. The molecule has 106 valence electrons. The lowest BCUT2D eigenvalue weighted by Crippen LogP contribution is -2.39. The van der Waals surface area contributed by atoms with Crippen molar-refractivity contribution in [3.05, 3.63) is 23.2 Å². The Morgan fingerprint density at radius 1 is 1.37 bits per heavy atom. The van der Waals surface area contributed by atoms with E-state index in [0.717, 1.165) is 0 Å². The SMILES string of the molecule is CCN(CC)C(=O)NCc1cc(C(=O)OC)c(C)o1. The molecule has 0 aliphatic carbocycles. The summed E-state index contributed by atoms with van der Waals surface area (Å²) in [4.78, 5) is 24.8. The van der Waals surface area contributed by atoms with E-state index < -0.39 is 5.97 Å². The van der Waals surface area contributed by atoms with Gasteiger partial charge in [-0.25, -0.2) is 9.59 Å². The number of urea groups is 1. The number of ether oxygens (including phenoxy) is 1.